The zero-order chi connectivity index (χ0) is 21.8. The van der Waals surface area contributed by atoms with Crippen LogP contribution < -0.4 is 0 Å². The Bertz CT molecular complexity index is 1120. The number of esters is 2. The molecule has 30 heavy (non-hydrogen) atoms. The Morgan fingerprint density at radius 3 is 2.70 bits per heavy atom. The second-order valence-electron chi connectivity index (χ2n) is 6.26. The lowest BCUT2D eigenvalue weighted by atomic mass is 9.99. The van der Waals surface area contributed by atoms with Crippen molar-refractivity contribution in [1.29, 1.82) is 0 Å². The normalized spacial score (nSPS) is 10.7. The number of carbonyl (C=O) groups is 3. The van der Waals surface area contributed by atoms with Crippen molar-refractivity contribution in [2.45, 2.75) is 20.4 Å². The van der Waals surface area contributed by atoms with Crippen LogP contribution in [0, 0.1) is 6.92 Å². The minimum absolute atomic E-state index is 0.00578. The molecule has 0 aliphatic rings. The number of hydrogen-bond acceptors (Lipinski definition) is 8. The Labute approximate surface area is 179 Å². The van der Waals surface area contributed by atoms with Gasteiger partial charge in [0.15, 0.2) is 5.78 Å². The fraction of sp³-hybridized carbons (Fsp3) is 0.263. The summed E-state index contributed by atoms with van der Waals surface area (Å²) in [6.07, 6.45) is 0. The van der Waals surface area contributed by atoms with Gasteiger partial charge < -0.3 is 14.5 Å². The van der Waals surface area contributed by atoms with Crippen molar-refractivity contribution in [3.63, 3.8) is 0 Å². The van der Waals surface area contributed by atoms with Gasteiger partial charge in [0.25, 0.3) is 0 Å². The molecule has 0 bridgehead atoms. The Balaban J connectivity index is 1.99. The lowest BCUT2D eigenvalue weighted by Gasteiger charge is -2.04. The number of nitrogens with zero attached hydrogens (tertiary/aromatic N) is 4. The summed E-state index contributed by atoms with van der Waals surface area (Å²) in [4.78, 5) is 40.5. The summed E-state index contributed by atoms with van der Waals surface area (Å²) in [6, 6.07) is 6.85. The minimum atomic E-state index is -0.690. The van der Waals surface area contributed by atoms with Gasteiger partial charge in [0.05, 0.1) is 24.9 Å². The molecule has 0 fully saturated rings. The van der Waals surface area contributed by atoms with E-state index in [-0.39, 0.29) is 36.0 Å². The number of benzene rings is 1. The summed E-state index contributed by atoms with van der Waals surface area (Å²) in [7, 11) is 1.23. The number of tetrazole rings is 1. The molecule has 3 rings (SSSR count). The van der Waals surface area contributed by atoms with E-state index in [1.807, 2.05) is 0 Å². The fourth-order valence-corrected chi connectivity index (χ4v) is 3.24. The number of ketones is 1. The highest BCUT2D eigenvalue weighted by Gasteiger charge is 2.28. The van der Waals surface area contributed by atoms with Crippen LogP contribution in [-0.4, -0.2) is 56.6 Å². The van der Waals surface area contributed by atoms with Crippen LogP contribution >= 0.6 is 15.9 Å². The van der Waals surface area contributed by atoms with Crippen LogP contribution in [0.4, 0.5) is 0 Å². The second-order valence-corrected chi connectivity index (χ2v) is 7.17. The maximum absolute atomic E-state index is 13.2. The fourth-order valence-electron chi connectivity index (χ4n) is 2.84. The summed E-state index contributed by atoms with van der Waals surface area (Å²) in [6.45, 7) is 3.29. The quantitative estimate of drug-likeness (QED) is 0.407. The number of hydrogen-bond donors (Lipinski definition) is 1. The standard InChI is InChI=1S/C19H18BrN5O5/c1-10-14(17(27)12-5-4-6-13(20)9-12)16(19(28)29-3)21-15(10)18-22-24-25(23-18)7-8-30-11(2)26/h4-6,9,21H,7-8H2,1-3H3. The highest BCUT2D eigenvalue weighted by Crippen LogP contribution is 2.28. The third-order valence-corrected chi connectivity index (χ3v) is 4.72. The van der Waals surface area contributed by atoms with Crippen LogP contribution in [0.25, 0.3) is 11.5 Å². The molecule has 1 N–H and O–H groups in total. The zero-order valence-corrected chi connectivity index (χ0v) is 18.0. The number of carbonyl (C=O) groups excluding carboxylic acids is 3. The summed E-state index contributed by atoms with van der Waals surface area (Å²) in [5, 5.41) is 12.1. The van der Waals surface area contributed by atoms with Crippen molar-refractivity contribution in [3.05, 3.63) is 51.1 Å². The Morgan fingerprint density at radius 2 is 2.03 bits per heavy atom. The highest BCUT2D eigenvalue weighted by molar-refractivity contribution is 9.10. The van der Waals surface area contributed by atoms with Crippen LogP contribution in [0.15, 0.2) is 28.7 Å². The van der Waals surface area contributed by atoms with Crippen molar-refractivity contribution in [1.82, 2.24) is 25.2 Å². The summed E-state index contributed by atoms with van der Waals surface area (Å²) >= 11 is 3.34. The molecule has 0 unspecified atom stereocenters. The molecule has 10 nitrogen and oxygen atoms in total. The average molecular weight is 476 g/mol. The SMILES string of the molecule is COC(=O)c1[nH]c(-c2nnn(CCOC(C)=O)n2)c(C)c1C(=O)c1cccc(Br)c1. The third kappa shape index (κ3) is 4.46. The molecular formula is C19H18BrN5O5. The number of aromatic nitrogens is 5. The van der Waals surface area contributed by atoms with Crippen LogP contribution in [-0.2, 0) is 20.8 Å². The first-order valence-corrected chi connectivity index (χ1v) is 9.63. The first-order valence-electron chi connectivity index (χ1n) is 8.84. The predicted molar refractivity (Wildman–Crippen MR) is 108 cm³/mol. The number of H-pyrrole nitrogens is 1. The molecule has 2 aromatic heterocycles. The molecule has 11 heteroatoms. The van der Waals surface area contributed by atoms with Crippen LogP contribution in [0.2, 0.25) is 0 Å². The van der Waals surface area contributed by atoms with Gasteiger partial charge in [-0.05, 0) is 29.8 Å². The van der Waals surface area contributed by atoms with E-state index in [1.165, 1.54) is 18.8 Å². The molecule has 0 aliphatic heterocycles. The first kappa shape index (κ1) is 21.4. The van der Waals surface area contributed by atoms with Gasteiger partial charge in [-0.3, -0.25) is 9.59 Å². The molecule has 1 aromatic carbocycles. The van der Waals surface area contributed by atoms with E-state index in [0.29, 0.717) is 16.8 Å². The Morgan fingerprint density at radius 1 is 1.27 bits per heavy atom. The van der Waals surface area contributed by atoms with E-state index in [4.69, 9.17) is 9.47 Å². The molecule has 0 radical (unpaired) electrons. The lowest BCUT2D eigenvalue weighted by molar-refractivity contribution is -0.141. The monoisotopic (exact) mass is 475 g/mol. The molecule has 0 spiro atoms. The number of ether oxygens (including phenoxy) is 2. The maximum Gasteiger partial charge on any atom is 0.355 e. The van der Waals surface area contributed by atoms with Gasteiger partial charge in [-0.2, -0.15) is 4.80 Å². The molecular weight excluding hydrogens is 458 g/mol. The van der Waals surface area contributed by atoms with E-state index >= 15 is 0 Å². The summed E-state index contributed by atoms with van der Waals surface area (Å²) in [5.41, 5.74) is 1.44. The van der Waals surface area contributed by atoms with Gasteiger partial charge >= 0.3 is 11.9 Å². The van der Waals surface area contributed by atoms with Crippen molar-refractivity contribution < 1.29 is 23.9 Å². The third-order valence-electron chi connectivity index (χ3n) is 4.23. The van der Waals surface area contributed by atoms with Crippen molar-refractivity contribution in [3.8, 4) is 11.5 Å². The topological polar surface area (TPSA) is 129 Å². The van der Waals surface area contributed by atoms with Crippen LogP contribution in [0.1, 0.15) is 38.9 Å². The van der Waals surface area contributed by atoms with Gasteiger partial charge in [-0.25, -0.2) is 4.79 Å². The highest BCUT2D eigenvalue weighted by atomic mass is 79.9. The van der Waals surface area contributed by atoms with Gasteiger partial charge in [-0.1, -0.05) is 28.1 Å². The maximum atomic E-state index is 13.2. The number of aromatic amines is 1. The number of halogens is 1. The predicted octanol–water partition coefficient (Wildman–Crippen LogP) is 2.32. The lowest BCUT2D eigenvalue weighted by Crippen LogP contribution is -2.11. The molecule has 2 heterocycles. The van der Waals surface area contributed by atoms with Gasteiger partial charge in [0, 0.05) is 17.0 Å². The average Bonchev–Trinajstić information content (AvgIpc) is 3.31. The molecule has 0 atom stereocenters. The van der Waals surface area contributed by atoms with Crippen molar-refractivity contribution >= 4 is 33.7 Å². The van der Waals surface area contributed by atoms with Gasteiger partial charge in [0.1, 0.15) is 12.3 Å². The number of nitrogens with one attached hydrogen (secondary N) is 1. The Hall–Kier alpha value is -3.34. The van der Waals surface area contributed by atoms with Gasteiger partial charge in [0.2, 0.25) is 5.82 Å². The molecule has 3 aromatic rings. The minimum Gasteiger partial charge on any atom is -0.464 e. The van der Waals surface area contributed by atoms with Crippen LogP contribution in [0.5, 0.6) is 0 Å². The molecule has 0 amide bonds. The van der Waals surface area contributed by atoms with E-state index < -0.39 is 11.9 Å². The molecule has 156 valence electrons. The number of methoxy groups -OCH3 is 1. The summed E-state index contributed by atoms with van der Waals surface area (Å²) < 4.78 is 10.4. The molecule has 0 aliphatic carbocycles. The smallest absolute Gasteiger partial charge is 0.355 e. The zero-order valence-electron chi connectivity index (χ0n) is 16.4. The summed E-state index contributed by atoms with van der Waals surface area (Å²) in [5.74, 6) is -1.26. The van der Waals surface area contributed by atoms with Crippen molar-refractivity contribution in [2.75, 3.05) is 13.7 Å². The van der Waals surface area contributed by atoms with Crippen molar-refractivity contribution in [2.24, 2.45) is 0 Å². The second kappa shape index (κ2) is 8.99. The molecule has 0 saturated carbocycles. The Kier molecular flexibility index (Phi) is 6.40. The van der Waals surface area contributed by atoms with Crippen LogP contribution in [0.3, 0.4) is 0 Å². The molecule has 0 saturated heterocycles. The van der Waals surface area contributed by atoms with E-state index in [0.717, 1.165) is 4.47 Å². The number of rotatable bonds is 7. The van der Waals surface area contributed by atoms with E-state index in [1.54, 1.807) is 31.2 Å². The first-order chi connectivity index (χ1) is 14.3. The van der Waals surface area contributed by atoms with Gasteiger partial charge in [-0.15, -0.1) is 10.2 Å². The van der Waals surface area contributed by atoms with E-state index in [9.17, 15) is 14.4 Å². The largest absolute Gasteiger partial charge is 0.464 e. The van der Waals surface area contributed by atoms with E-state index in [2.05, 4.69) is 36.3 Å².